The maximum atomic E-state index is 12.8. The minimum absolute atomic E-state index is 0.149. The number of benzene rings is 1. The van der Waals surface area contributed by atoms with Gasteiger partial charge >= 0.3 is 6.18 Å². The summed E-state index contributed by atoms with van der Waals surface area (Å²) in [5, 5.41) is 9.67. The third-order valence-electron chi connectivity index (χ3n) is 4.06. The molecule has 1 saturated heterocycles. The van der Waals surface area contributed by atoms with Crippen LogP contribution in [0.4, 0.5) is 13.2 Å². The Morgan fingerprint density at radius 2 is 1.78 bits per heavy atom. The average molecular weight is 333 g/mol. The smallest absolute Gasteiger partial charge is 0.419 e. The number of rotatable bonds is 3. The molecule has 1 aliphatic rings. The molecule has 128 valence electrons. The maximum Gasteiger partial charge on any atom is 0.419 e. The number of β-amino-alcohol motifs (C(OH)–C–C–N with tert-alkyl or cyclic N) is 1. The highest BCUT2D eigenvalue weighted by Crippen LogP contribution is 2.38. The molecular weight excluding hydrogens is 315 g/mol. The normalized spacial score (nSPS) is 21.4. The van der Waals surface area contributed by atoms with Crippen LogP contribution >= 0.6 is 0 Å². The van der Waals surface area contributed by atoms with Crippen molar-refractivity contribution in [3.05, 3.63) is 23.3 Å². The first-order valence-electron chi connectivity index (χ1n) is 6.94. The van der Waals surface area contributed by atoms with Crippen molar-refractivity contribution in [2.75, 3.05) is 27.3 Å². The molecule has 1 aromatic rings. The van der Waals surface area contributed by atoms with Crippen molar-refractivity contribution < 1.29 is 32.5 Å². The van der Waals surface area contributed by atoms with Crippen LogP contribution in [-0.4, -0.2) is 55.0 Å². The van der Waals surface area contributed by atoms with E-state index in [1.54, 1.807) is 6.92 Å². The Labute approximate surface area is 131 Å². The van der Waals surface area contributed by atoms with E-state index in [2.05, 4.69) is 0 Å². The summed E-state index contributed by atoms with van der Waals surface area (Å²) in [5.74, 6) is 0.192. The van der Waals surface area contributed by atoms with Crippen LogP contribution < -0.4 is 9.47 Å². The van der Waals surface area contributed by atoms with Gasteiger partial charge in [-0.2, -0.15) is 13.2 Å². The van der Waals surface area contributed by atoms with E-state index in [1.807, 2.05) is 0 Å². The predicted molar refractivity (Wildman–Crippen MR) is 75.8 cm³/mol. The first kappa shape index (κ1) is 17.4. The number of carbonyl (C=O) groups is 1. The Kier molecular flexibility index (Phi) is 4.48. The van der Waals surface area contributed by atoms with E-state index in [0.717, 1.165) is 4.90 Å². The molecule has 1 aromatic carbocycles. The first-order valence-corrected chi connectivity index (χ1v) is 6.94. The van der Waals surface area contributed by atoms with Crippen molar-refractivity contribution >= 4 is 5.91 Å². The number of hydrogen-bond acceptors (Lipinski definition) is 4. The molecule has 1 amide bonds. The highest BCUT2D eigenvalue weighted by atomic mass is 19.4. The van der Waals surface area contributed by atoms with Gasteiger partial charge in [0.05, 0.1) is 20.8 Å². The van der Waals surface area contributed by atoms with E-state index < -0.39 is 30.7 Å². The van der Waals surface area contributed by atoms with Crippen molar-refractivity contribution in [2.24, 2.45) is 0 Å². The lowest BCUT2D eigenvalue weighted by molar-refractivity contribution is -0.253. The fourth-order valence-electron chi connectivity index (χ4n) is 2.59. The van der Waals surface area contributed by atoms with Gasteiger partial charge in [0.1, 0.15) is 11.5 Å². The van der Waals surface area contributed by atoms with Crippen LogP contribution in [-0.2, 0) is 0 Å². The molecule has 0 saturated carbocycles. The minimum Gasteiger partial charge on any atom is -0.496 e. The second kappa shape index (κ2) is 5.92. The standard InChI is InChI=1S/C15H18F3NO4/c1-9-11(22-2)6-10(7-12(9)23-3)13(20)19-5-4-14(21,8-19)15(16,17)18/h6-7,21H,4-5,8H2,1-3H3. The van der Waals surface area contributed by atoms with Crippen molar-refractivity contribution in [1.82, 2.24) is 4.90 Å². The summed E-state index contributed by atoms with van der Waals surface area (Å²) < 4.78 is 48.9. The molecule has 1 fully saturated rings. The Balaban J connectivity index is 2.29. The topological polar surface area (TPSA) is 59.0 Å². The molecule has 8 heteroatoms. The summed E-state index contributed by atoms with van der Waals surface area (Å²) >= 11 is 0. The van der Waals surface area contributed by atoms with Gasteiger partial charge in [0, 0.05) is 24.1 Å². The van der Waals surface area contributed by atoms with E-state index in [-0.39, 0.29) is 12.1 Å². The molecule has 0 spiro atoms. The molecule has 1 unspecified atom stereocenters. The maximum absolute atomic E-state index is 12.8. The van der Waals surface area contributed by atoms with Gasteiger partial charge in [0.2, 0.25) is 0 Å². The fourth-order valence-corrected chi connectivity index (χ4v) is 2.59. The van der Waals surface area contributed by atoms with Gasteiger partial charge in [-0.1, -0.05) is 0 Å². The fraction of sp³-hybridized carbons (Fsp3) is 0.533. The van der Waals surface area contributed by atoms with E-state index in [1.165, 1.54) is 26.4 Å². The van der Waals surface area contributed by atoms with E-state index >= 15 is 0 Å². The van der Waals surface area contributed by atoms with Gasteiger partial charge < -0.3 is 19.5 Å². The van der Waals surface area contributed by atoms with E-state index in [0.29, 0.717) is 17.1 Å². The van der Waals surface area contributed by atoms with Gasteiger partial charge in [-0.05, 0) is 19.1 Å². The molecule has 0 radical (unpaired) electrons. The van der Waals surface area contributed by atoms with Crippen LogP contribution in [0.25, 0.3) is 0 Å². The Hall–Kier alpha value is -1.96. The Morgan fingerprint density at radius 1 is 1.26 bits per heavy atom. The number of ether oxygens (including phenoxy) is 2. The number of amides is 1. The molecule has 0 aliphatic carbocycles. The summed E-state index contributed by atoms with van der Waals surface area (Å²) in [6.07, 6.45) is -5.31. The van der Waals surface area contributed by atoms with Gasteiger partial charge in [-0.25, -0.2) is 0 Å². The van der Waals surface area contributed by atoms with Crippen LogP contribution in [0.2, 0.25) is 0 Å². The molecular formula is C15H18F3NO4. The summed E-state index contributed by atoms with van der Waals surface area (Å²) in [5.41, 5.74) is -2.03. The quantitative estimate of drug-likeness (QED) is 0.921. The molecule has 23 heavy (non-hydrogen) atoms. The SMILES string of the molecule is COc1cc(C(=O)N2CCC(O)(C(F)(F)F)C2)cc(OC)c1C. The number of methoxy groups -OCH3 is 2. The molecule has 5 nitrogen and oxygen atoms in total. The summed E-state index contributed by atoms with van der Waals surface area (Å²) in [4.78, 5) is 13.4. The lowest BCUT2D eigenvalue weighted by Gasteiger charge is -2.26. The summed E-state index contributed by atoms with van der Waals surface area (Å²) in [7, 11) is 2.85. The van der Waals surface area contributed by atoms with Crippen molar-refractivity contribution in [2.45, 2.75) is 25.1 Å². The summed E-state index contributed by atoms with van der Waals surface area (Å²) in [6.45, 7) is 0.783. The van der Waals surface area contributed by atoms with Crippen LogP contribution in [0.15, 0.2) is 12.1 Å². The van der Waals surface area contributed by atoms with E-state index in [9.17, 15) is 23.1 Å². The number of alkyl halides is 3. The Bertz CT molecular complexity index is 592. The van der Waals surface area contributed by atoms with Crippen LogP contribution in [0.1, 0.15) is 22.3 Å². The number of aliphatic hydroxyl groups is 1. The van der Waals surface area contributed by atoms with Crippen LogP contribution in [0, 0.1) is 6.92 Å². The first-order chi connectivity index (χ1) is 10.6. The average Bonchev–Trinajstić information content (AvgIpc) is 2.90. The lowest BCUT2D eigenvalue weighted by atomic mass is 10.0. The van der Waals surface area contributed by atoms with Crippen molar-refractivity contribution in [3.8, 4) is 11.5 Å². The lowest BCUT2D eigenvalue weighted by Crippen LogP contribution is -2.48. The number of halogens is 3. The number of nitrogens with zero attached hydrogens (tertiary/aromatic N) is 1. The number of likely N-dealkylation sites (tertiary alicyclic amines) is 1. The van der Waals surface area contributed by atoms with Crippen molar-refractivity contribution in [1.29, 1.82) is 0 Å². The van der Waals surface area contributed by atoms with Gasteiger partial charge in [-0.3, -0.25) is 4.79 Å². The molecule has 1 N–H and O–H groups in total. The summed E-state index contributed by atoms with van der Waals surface area (Å²) in [6, 6.07) is 2.90. The second-order valence-electron chi connectivity index (χ2n) is 5.51. The highest BCUT2D eigenvalue weighted by Gasteiger charge is 2.57. The van der Waals surface area contributed by atoms with Gasteiger partial charge in [0.15, 0.2) is 5.60 Å². The molecule has 0 bridgehead atoms. The predicted octanol–water partition coefficient (Wildman–Crippen LogP) is 2.15. The zero-order valence-electron chi connectivity index (χ0n) is 13.0. The number of carbonyl (C=O) groups excluding carboxylic acids is 1. The molecule has 2 rings (SSSR count). The van der Waals surface area contributed by atoms with Crippen LogP contribution in [0.3, 0.4) is 0 Å². The molecule has 0 aromatic heterocycles. The zero-order chi connectivity index (χ0) is 17.4. The van der Waals surface area contributed by atoms with Crippen LogP contribution in [0.5, 0.6) is 11.5 Å². The van der Waals surface area contributed by atoms with E-state index in [4.69, 9.17) is 9.47 Å². The largest absolute Gasteiger partial charge is 0.496 e. The number of hydrogen-bond donors (Lipinski definition) is 1. The van der Waals surface area contributed by atoms with Crippen molar-refractivity contribution in [3.63, 3.8) is 0 Å². The molecule has 1 aliphatic heterocycles. The highest BCUT2D eigenvalue weighted by molar-refractivity contribution is 5.95. The zero-order valence-corrected chi connectivity index (χ0v) is 13.0. The molecule has 1 heterocycles. The van der Waals surface area contributed by atoms with Gasteiger partial charge in [0.25, 0.3) is 5.91 Å². The minimum atomic E-state index is -4.77. The monoisotopic (exact) mass is 333 g/mol. The Morgan fingerprint density at radius 3 is 2.17 bits per heavy atom. The third kappa shape index (κ3) is 3.08. The third-order valence-corrected chi connectivity index (χ3v) is 4.06. The van der Waals surface area contributed by atoms with Gasteiger partial charge in [-0.15, -0.1) is 0 Å². The second-order valence-corrected chi connectivity index (χ2v) is 5.51. The molecule has 1 atom stereocenters.